The molecule has 0 atom stereocenters. The predicted octanol–water partition coefficient (Wildman–Crippen LogP) is 1.12. The van der Waals surface area contributed by atoms with E-state index >= 15 is 0 Å². The number of carbonyl (C=O) groups excluding carboxylic acids is 1. The lowest BCUT2D eigenvalue weighted by atomic mass is 10.2. The number of piperazine rings is 1. The van der Waals surface area contributed by atoms with Crippen LogP contribution in [0.25, 0.3) is 11.4 Å². The second kappa shape index (κ2) is 7.24. The van der Waals surface area contributed by atoms with Gasteiger partial charge in [-0.2, -0.15) is 4.98 Å². The van der Waals surface area contributed by atoms with Crippen molar-refractivity contribution in [3.63, 3.8) is 0 Å². The molecule has 0 saturated carbocycles. The Bertz CT molecular complexity index is 564. The maximum atomic E-state index is 12.0. The Balaban J connectivity index is 0.00000161. The number of halogens is 1. The minimum atomic E-state index is 0. The van der Waals surface area contributed by atoms with Crippen LogP contribution in [0.4, 0.5) is 0 Å². The summed E-state index contributed by atoms with van der Waals surface area (Å²) in [5, 5.41) is 7.09. The Hall–Kier alpha value is -1.86. The number of nitrogens with zero attached hydrogens (tertiary/aromatic N) is 3. The van der Waals surface area contributed by atoms with Gasteiger partial charge in [0.2, 0.25) is 17.6 Å². The average molecular weight is 313 g/mol. The first-order valence-corrected chi connectivity index (χ1v) is 6.66. The Morgan fingerprint density at radius 2 is 2.19 bits per heavy atom. The van der Waals surface area contributed by atoms with E-state index < -0.39 is 0 Å². The maximum Gasteiger partial charge on any atom is 0.227 e. The predicted molar refractivity (Wildman–Crippen MR) is 77.0 cm³/mol. The molecule has 21 heavy (non-hydrogen) atoms. The van der Waals surface area contributed by atoms with E-state index in [1.54, 1.807) is 18.6 Å². The number of hydrogen-bond donors (Lipinski definition) is 1. The van der Waals surface area contributed by atoms with Gasteiger partial charge < -0.3 is 19.2 Å². The van der Waals surface area contributed by atoms with Gasteiger partial charge >= 0.3 is 0 Å². The SMILES string of the molecule is Cl.O=C(CCc1nc(-c2ccoc2)no1)N1CCNCC1. The normalized spacial score (nSPS) is 14.8. The number of rotatable bonds is 4. The summed E-state index contributed by atoms with van der Waals surface area (Å²) < 4.78 is 10.1. The van der Waals surface area contributed by atoms with Crippen LogP contribution in [0.1, 0.15) is 12.3 Å². The largest absolute Gasteiger partial charge is 0.472 e. The van der Waals surface area contributed by atoms with Crippen LogP contribution in [0.15, 0.2) is 27.5 Å². The Morgan fingerprint density at radius 1 is 1.38 bits per heavy atom. The van der Waals surface area contributed by atoms with Gasteiger partial charge in [-0.3, -0.25) is 4.79 Å². The molecule has 2 aromatic heterocycles. The van der Waals surface area contributed by atoms with E-state index in [-0.39, 0.29) is 18.3 Å². The van der Waals surface area contributed by atoms with Gasteiger partial charge in [0.25, 0.3) is 0 Å². The number of carbonyl (C=O) groups is 1. The summed E-state index contributed by atoms with van der Waals surface area (Å²) in [5.41, 5.74) is 0.772. The van der Waals surface area contributed by atoms with Crippen molar-refractivity contribution < 1.29 is 13.7 Å². The molecule has 1 fully saturated rings. The second-order valence-corrected chi connectivity index (χ2v) is 4.65. The Labute approximate surface area is 128 Å². The van der Waals surface area contributed by atoms with E-state index in [1.165, 1.54) is 0 Å². The third-order valence-corrected chi connectivity index (χ3v) is 3.27. The molecule has 0 bridgehead atoms. The molecule has 0 aliphatic carbocycles. The zero-order valence-electron chi connectivity index (χ0n) is 11.4. The molecule has 3 rings (SSSR count). The fourth-order valence-electron chi connectivity index (χ4n) is 2.15. The average Bonchev–Trinajstić information content (AvgIpc) is 3.16. The van der Waals surface area contributed by atoms with Crippen LogP contribution < -0.4 is 5.32 Å². The van der Waals surface area contributed by atoms with E-state index in [4.69, 9.17) is 8.94 Å². The molecule has 1 aliphatic heterocycles. The van der Waals surface area contributed by atoms with Crippen LogP contribution in [0.5, 0.6) is 0 Å². The zero-order valence-corrected chi connectivity index (χ0v) is 12.3. The summed E-state index contributed by atoms with van der Waals surface area (Å²) >= 11 is 0. The van der Waals surface area contributed by atoms with Gasteiger partial charge in [-0.1, -0.05) is 5.16 Å². The lowest BCUT2D eigenvalue weighted by Gasteiger charge is -2.27. The first-order chi connectivity index (χ1) is 9.83. The molecule has 0 unspecified atom stereocenters. The minimum absolute atomic E-state index is 0. The van der Waals surface area contributed by atoms with Gasteiger partial charge in [0, 0.05) is 39.0 Å². The summed E-state index contributed by atoms with van der Waals surface area (Å²) in [6.07, 6.45) is 3.97. The highest BCUT2D eigenvalue weighted by molar-refractivity contribution is 5.85. The van der Waals surface area contributed by atoms with Crippen molar-refractivity contribution in [3.8, 4) is 11.4 Å². The Kier molecular flexibility index (Phi) is 5.35. The van der Waals surface area contributed by atoms with E-state index in [9.17, 15) is 4.79 Å². The van der Waals surface area contributed by atoms with Gasteiger partial charge in [0.15, 0.2) is 0 Å². The van der Waals surface area contributed by atoms with E-state index in [0.29, 0.717) is 24.6 Å². The molecule has 1 aliphatic rings. The summed E-state index contributed by atoms with van der Waals surface area (Å²) in [5.74, 6) is 1.10. The van der Waals surface area contributed by atoms with Crippen LogP contribution in [-0.4, -0.2) is 47.1 Å². The van der Waals surface area contributed by atoms with E-state index in [1.807, 2.05) is 4.90 Å². The fourth-order valence-corrected chi connectivity index (χ4v) is 2.15. The molecular formula is C13H17ClN4O3. The van der Waals surface area contributed by atoms with Crippen LogP contribution >= 0.6 is 12.4 Å². The van der Waals surface area contributed by atoms with Crippen molar-refractivity contribution >= 4 is 18.3 Å². The number of furan rings is 1. The molecule has 0 radical (unpaired) electrons. The second-order valence-electron chi connectivity index (χ2n) is 4.65. The van der Waals surface area contributed by atoms with Gasteiger partial charge in [-0.05, 0) is 6.07 Å². The molecule has 3 heterocycles. The van der Waals surface area contributed by atoms with Crippen molar-refractivity contribution in [2.45, 2.75) is 12.8 Å². The third-order valence-electron chi connectivity index (χ3n) is 3.27. The lowest BCUT2D eigenvalue weighted by Crippen LogP contribution is -2.46. The summed E-state index contributed by atoms with van der Waals surface area (Å²) in [7, 11) is 0. The van der Waals surface area contributed by atoms with Crippen molar-refractivity contribution in [2.75, 3.05) is 26.2 Å². The van der Waals surface area contributed by atoms with Gasteiger partial charge in [0.05, 0.1) is 11.8 Å². The topological polar surface area (TPSA) is 84.4 Å². The molecule has 114 valence electrons. The smallest absolute Gasteiger partial charge is 0.227 e. The quantitative estimate of drug-likeness (QED) is 0.910. The number of aryl methyl sites for hydroxylation is 1. The van der Waals surface area contributed by atoms with Gasteiger partial charge in [0.1, 0.15) is 6.26 Å². The molecular weight excluding hydrogens is 296 g/mol. The lowest BCUT2D eigenvalue weighted by molar-refractivity contribution is -0.131. The highest BCUT2D eigenvalue weighted by atomic mass is 35.5. The van der Waals surface area contributed by atoms with E-state index in [0.717, 1.165) is 31.7 Å². The minimum Gasteiger partial charge on any atom is -0.472 e. The van der Waals surface area contributed by atoms with Crippen molar-refractivity contribution in [1.82, 2.24) is 20.4 Å². The van der Waals surface area contributed by atoms with Crippen LogP contribution in [0.3, 0.4) is 0 Å². The number of aromatic nitrogens is 2. The van der Waals surface area contributed by atoms with Crippen LogP contribution in [0.2, 0.25) is 0 Å². The Morgan fingerprint density at radius 3 is 2.90 bits per heavy atom. The molecule has 2 aromatic rings. The summed E-state index contributed by atoms with van der Waals surface area (Å²) in [4.78, 5) is 18.1. The standard InChI is InChI=1S/C13H16N4O3.ClH/c18-12(17-6-4-14-5-7-17)2-1-11-15-13(16-20-11)10-3-8-19-9-10;/h3,8-9,14H,1-2,4-7H2;1H. The first-order valence-electron chi connectivity index (χ1n) is 6.66. The zero-order chi connectivity index (χ0) is 13.8. The maximum absolute atomic E-state index is 12.0. The van der Waals surface area contributed by atoms with Crippen molar-refractivity contribution in [3.05, 3.63) is 24.5 Å². The summed E-state index contributed by atoms with van der Waals surface area (Å²) in [6, 6.07) is 1.76. The molecule has 1 amide bonds. The molecule has 0 spiro atoms. The fraction of sp³-hybridized carbons (Fsp3) is 0.462. The van der Waals surface area contributed by atoms with Crippen LogP contribution in [-0.2, 0) is 11.2 Å². The highest BCUT2D eigenvalue weighted by Gasteiger charge is 2.17. The molecule has 7 nitrogen and oxygen atoms in total. The molecule has 1 N–H and O–H groups in total. The number of amides is 1. The monoisotopic (exact) mass is 312 g/mol. The third kappa shape index (κ3) is 3.83. The molecule has 8 heteroatoms. The molecule has 1 saturated heterocycles. The summed E-state index contributed by atoms with van der Waals surface area (Å²) in [6.45, 7) is 3.25. The van der Waals surface area contributed by atoms with Crippen LogP contribution in [0, 0.1) is 0 Å². The van der Waals surface area contributed by atoms with Gasteiger partial charge in [-0.15, -0.1) is 12.4 Å². The van der Waals surface area contributed by atoms with E-state index in [2.05, 4.69) is 15.5 Å². The van der Waals surface area contributed by atoms with Crippen molar-refractivity contribution in [2.24, 2.45) is 0 Å². The first kappa shape index (κ1) is 15.5. The number of nitrogens with one attached hydrogen (secondary N) is 1. The van der Waals surface area contributed by atoms with Crippen molar-refractivity contribution in [1.29, 1.82) is 0 Å². The van der Waals surface area contributed by atoms with Gasteiger partial charge in [-0.25, -0.2) is 0 Å². The highest BCUT2D eigenvalue weighted by Crippen LogP contribution is 2.16. The molecule has 0 aromatic carbocycles. The number of hydrogen-bond acceptors (Lipinski definition) is 6.